The van der Waals surface area contributed by atoms with Gasteiger partial charge in [0.15, 0.2) is 0 Å². The van der Waals surface area contributed by atoms with Gasteiger partial charge in [0.05, 0.1) is 12.0 Å². The van der Waals surface area contributed by atoms with Crippen LogP contribution in [0.25, 0.3) is 0 Å². The molecule has 21 heavy (non-hydrogen) atoms. The SMILES string of the molecule is [B]c1ccc(C(C#N)CC(N)c2ccc(C)cc2O)cc1. The fourth-order valence-electron chi connectivity index (χ4n) is 2.34. The van der Waals surface area contributed by atoms with Crippen LogP contribution in [0.5, 0.6) is 5.75 Å². The molecule has 0 saturated carbocycles. The van der Waals surface area contributed by atoms with Crippen LogP contribution in [0.1, 0.15) is 35.1 Å². The van der Waals surface area contributed by atoms with Gasteiger partial charge in [0.2, 0.25) is 0 Å². The molecule has 2 unspecified atom stereocenters. The highest BCUT2D eigenvalue weighted by Gasteiger charge is 2.18. The molecule has 0 heterocycles. The number of rotatable bonds is 4. The molecule has 2 radical (unpaired) electrons. The van der Waals surface area contributed by atoms with Gasteiger partial charge in [0, 0.05) is 11.6 Å². The summed E-state index contributed by atoms with van der Waals surface area (Å²) in [4.78, 5) is 0. The highest BCUT2D eigenvalue weighted by molar-refractivity contribution is 6.32. The van der Waals surface area contributed by atoms with Gasteiger partial charge >= 0.3 is 0 Å². The standard InChI is InChI=1S/C17H17BN2O/c1-11-2-7-15(17(21)8-11)16(20)9-13(10-19)12-3-5-14(18)6-4-12/h2-8,13,16,21H,9,20H2,1H3. The second kappa shape index (κ2) is 6.47. The summed E-state index contributed by atoms with van der Waals surface area (Å²) in [7, 11) is 5.65. The first kappa shape index (κ1) is 15.1. The average molecular weight is 276 g/mol. The topological polar surface area (TPSA) is 70.0 Å². The quantitative estimate of drug-likeness (QED) is 0.841. The van der Waals surface area contributed by atoms with E-state index in [0.717, 1.165) is 11.1 Å². The second-order valence-electron chi connectivity index (χ2n) is 5.25. The van der Waals surface area contributed by atoms with Gasteiger partial charge in [-0.2, -0.15) is 5.26 Å². The summed E-state index contributed by atoms with van der Waals surface area (Å²) in [6, 6.07) is 14.5. The van der Waals surface area contributed by atoms with Gasteiger partial charge in [-0.25, -0.2) is 0 Å². The minimum absolute atomic E-state index is 0.177. The maximum atomic E-state index is 9.97. The number of nitriles is 1. The number of aromatic hydroxyl groups is 1. The number of phenols is 1. The van der Waals surface area contributed by atoms with Crippen molar-refractivity contribution in [2.45, 2.75) is 25.3 Å². The van der Waals surface area contributed by atoms with Crippen LogP contribution in [-0.4, -0.2) is 13.0 Å². The molecule has 0 bridgehead atoms. The zero-order chi connectivity index (χ0) is 15.4. The summed E-state index contributed by atoms with van der Waals surface area (Å²) in [6.07, 6.45) is 0.442. The van der Waals surface area contributed by atoms with Crippen molar-refractivity contribution in [2.24, 2.45) is 5.73 Å². The minimum atomic E-state index is -0.396. The van der Waals surface area contributed by atoms with Crippen LogP contribution in [-0.2, 0) is 0 Å². The zero-order valence-corrected chi connectivity index (χ0v) is 12.0. The van der Waals surface area contributed by atoms with Crippen LogP contribution in [0, 0.1) is 18.3 Å². The number of aryl methyl sites for hydroxylation is 1. The molecule has 104 valence electrons. The lowest BCUT2D eigenvalue weighted by atomic mass is 9.87. The van der Waals surface area contributed by atoms with E-state index in [1.165, 1.54) is 0 Å². The normalized spacial score (nSPS) is 13.4. The lowest BCUT2D eigenvalue weighted by Crippen LogP contribution is -2.15. The fourth-order valence-corrected chi connectivity index (χ4v) is 2.34. The van der Waals surface area contributed by atoms with E-state index < -0.39 is 6.04 Å². The van der Waals surface area contributed by atoms with Crippen LogP contribution < -0.4 is 11.2 Å². The van der Waals surface area contributed by atoms with Crippen molar-refractivity contribution in [1.82, 2.24) is 0 Å². The monoisotopic (exact) mass is 276 g/mol. The summed E-state index contributed by atoms with van der Waals surface area (Å²) in [5.74, 6) is -0.155. The zero-order valence-electron chi connectivity index (χ0n) is 12.0. The van der Waals surface area contributed by atoms with Gasteiger partial charge in [0.25, 0.3) is 0 Å². The summed E-state index contributed by atoms with van der Waals surface area (Å²) < 4.78 is 0. The Kier molecular flexibility index (Phi) is 4.67. The molecule has 2 atom stereocenters. The Bertz CT molecular complexity index is 661. The molecule has 2 aromatic rings. The first-order valence-corrected chi connectivity index (χ1v) is 6.81. The summed E-state index contributed by atoms with van der Waals surface area (Å²) in [5.41, 5.74) is 9.33. The van der Waals surface area contributed by atoms with E-state index in [1.54, 1.807) is 18.2 Å². The molecule has 2 rings (SSSR count). The van der Waals surface area contributed by atoms with Crippen LogP contribution in [0.15, 0.2) is 42.5 Å². The molecule has 0 aliphatic rings. The predicted octanol–water partition coefficient (Wildman–Crippen LogP) is 2.19. The summed E-state index contributed by atoms with van der Waals surface area (Å²) in [5, 5.41) is 19.3. The Morgan fingerprint density at radius 2 is 1.90 bits per heavy atom. The van der Waals surface area contributed by atoms with Crippen LogP contribution in [0.4, 0.5) is 0 Å². The Morgan fingerprint density at radius 1 is 1.24 bits per heavy atom. The van der Waals surface area contributed by atoms with E-state index in [4.69, 9.17) is 13.6 Å². The van der Waals surface area contributed by atoms with E-state index in [9.17, 15) is 10.4 Å². The third-order valence-electron chi connectivity index (χ3n) is 3.57. The van der Waals surface area contributed by atoms with Crippen LogP contribution >= 0.6 is 0 Å². The lowest BCUT2D eigenvalue weighted by molar-refractivity contribution is 0.456. The second-order valence-corrected chi connectivity index (χ2v) is 5.25. The van der Waals surface area contributed by atoms with Crippen molar-refractivity contribution in [1.29, 1.82) is 5.26 Å². The van der Waals surface area contributed by atoms with Crippen molar-refractivity contribution < 1.29 is 5.11 Å². The van der Waals surface area contributed by atoms with Gasteiger partial charge < -0.3 is 10.8 Å². The highest BCUT2D eigenvalue weighted by atomic mass is 16.3. The molecule has 4 heteroatoms. The summed E-state index contributed by atoms with van der Waals surface area (Å²) in [6.45, 7) is 1.90. The van der Waals surface area contributed by atoms with E-state index in [1.807, 2.05) is 31.2 Å². The predicted molar refractivity (Wildman–Crippen MR) is 84.6 cm³/mol. The molecular weight excluding hydrogens is 259 g/mol. The van der Waals surface area contributed by atoms with Gasteiger partial charge in [-0.1, -0.05) is 41.9 Å². The number of nitrogens with zero attached hydrogens (tertiary/aromatic N) is 1. The van der Waals surface area contributed by atoms with Gasteiger partial charge in [-0.15, -0.1) is 0 Å². The average Bonchev–Trinajstić information content (AvgIpc) is 2.45. The van der Waals surface area contributed by atoms with E-state index >= 15 is 0 Å². The van der Waals surface area contributed by atoms with Gasteiger partial charge in [-0.05, 0) is 30.5 Å². The van der Waals surface area contributed by atoms with Crippen molar-refractivity contribution in [3.05, 3.63) is 59.2 Å². The summed E-state index contributed by atoms with van der Waals surface area (Å²) >= 11 is 0. The number of hydrogen-bond donors (Lipinski definition) is 2. The molecular formula is C17H17BN2O. The molecule has 0 aliphatic carbocycles. The molecule has 0 aliphatic heterocycles. The third-order valence-corrected chi connectivity index (χ3v) is 3.57. The molecule has 0 fully saturated rings. The van der Waals surface area contributed by atoms with Crippen molar-refractivity contribution in [2.75, 3.05) is 0 Å². The lowest BCUT2D eigenvalue weighted by Gasteiger charge is -2.18. The van der Waals surface area contributed by atoms with E-state index in [0.29, 0.717) is 17.4 Å². The molecule has 2 aromatic carbocycles. The van der Waals surface area contributed by atoms with Gasteiger partial charge in [0.1, 0.15) is 13.6 Å². The minimum Gasteiger partial charge on any atom is -0.508 e. The highest BCUT2D eigenvalue weighted by Crippen LogP contribution is 2.31. The first-order chi connectivity index (χ1) is 10.0. The fraction of sp³-hybridized carbons (Fsp3) is 0.235. The molecule has 0 amide bonds. The number of phenolic OH excluding ortho intramolecular Hbond substituents is 1. The smallest absolute Gasteiger partial charge is 0.120 e. The molecule has 0 saturated heterocycles. The molecule has 3 nitrogen and oxygen atoms in total. The first-order valence-electron chi connectivity index (χ1n) is 6.81. The Labute approximate surface area is 126 Å². The number of hydrogen-bond acceptors (Lipinski definition) is 3. The molecule has 3 N–H and O–H groups in total. The Balaban J connectivity index is 2.18. The van der Waals surface area contributed by atoms with Crippen molar-refractivity contribution >= 4 is 13.3 Å². The Hall–Kier alpha value is -2.25. The third kappa shape index (κ3) is 3.65. The van der Waals surface area contributed by atoms with E-state index in [-0.39, 0.29) is 11.7 Å². The number of nitrogens with two attached hydrogens (primary N) is 1. The van der Waals surface area contributed by atoms with Crippen molar-refractivity contribution in [3.63, 3.8) is 0 Å². The maximum Gasteiger partial charge on any atom is 0.120 e. The van der Waals surface area contributed by atoms with Crippen LogP contribution in [0.3, 0.4) is 0 Å². The molecule has 0 aromatic heterocycles. The number of benzene rings is 2. The van der Waals surface area contributed by atoms with Crippen LogP contribution in [0.2, 0.25) is 0 Å². The Morgan fingerprint density at radius 3 is 2.48 bits per heavy atom. The van der Waals surface area contributed by atoms with Crippen molar-refractivity contribution in [3.8, 4) is 11.8 Å². The van der Waals surface area contributed by atoms with E-state index in [2.05, 4.69) is 6.07 Å². The van der Waals surface area contributed by atoms with Gasteiger partial charge in [-0.3, -0.25) is 0 Å². The molecule has 0 spiro atoms. The largest absolute Gasteiger partial charge is 0.508 e. The maximum absolute atomic E-state index is 9.97.